The molecule has 1 aliphatic heterocycles. The summed E-state index contributed by atoms with van der Waals surface area (Å²) in [5.41, 5.74) is 9.07. The maximum absolute atomic E-state index is 14.1. The number of amides is 1. The van der Waals surface area contributed by atoms with E-state index in [1.54, 1.807) is 43.5 Å². The number of pyridine rings is 1. The number of piperazine rings is 1. The molecule has 232 valence electrons. The van der Waals surface area contributed by atoms with Crippen molar-refractivity contribution in [3.8, 4) is 22.8 Å². The highest BCUT2D eigenvalue weighted by molar-refractivity contribution is 6.05. The number of halogens is 3. The van der Waals surface area contributed by atoms with Crippen molar-refractivity contribution in [2.45, 2.75) is 19.6 Å². The van der Waals surface area contributed by atoms with E-state index in [1.807, 2.05) is 36.2 Å². The lowest BCUT2D eigenvalue weighted by molar-refractivity contribution is -0.138. The molecule has 2 aromatic heterocycles. The van der Waals surface area contributed by atoms with Gasteiger partial charge in [-0.3, -0.25) is 9.69 Å². The number of aromatic amines is 1. The van der Waals surface area contributed by atoms with Crippen molar-refractivity contribution in [3.63, 3.8) is 0 Å². The van der Waals surface area contributed by atoms with Crippen LogP contribution >= 0.6 is 0 Å². The summed E-state index contributed by atoms with van der Waals surface area (Å²) in [6.45, 7) is 4.95. The minimum atomic E-state index is -4.56. The van der Waals surface area contributed by atoms with E-state index in [2.05, 4.69) is 20.2 Å². The highest BCUT2D eigenvalue weighted by Crippen LogP contribution is 2.36. The number of nitrogens with two attached hydrogens (primary N) is 1. The van der Waals surface area contributed by atoms with Crippen LogP contribution in [0, 0.1) is 6.92 Å². The molecular formula is C34H33F3N6O2. The van der Waals surface area contributed by atoms with Gasteiger partial charge in [-0.25, -0.2) is 4.98 Å². The van der Waals surface area contributed by atoms with Gasteiger partial charge in [0, 0.05) is 67.5 Å². The van der Waals surface area contributed by atoms with Crippen LogP contribution in [0.5, 0.6) is 11.5 Å². The molecular weight excluding hydrogens is 581 g/mol. The molecule has 0 unspecified atom stereocenters. The Labute approximate surface area is 258 Å². The number of H-pyrrole nitrogens is 1. The van der Waals surface area contributed by atoms with Gasteiger partial charge in [0.25, 0.3) is 5.91 Å². The number of nitrogens with zero attached hydrogens (tertiary/aromatic N) is 3. The number of carbonyl (C=O) groups is 1. The number of hydrogen-bond donors (Lipinski definition) is 3. The molecule has 1 aliphatic rings. The molecule has 11 heteroatoms. The smallest absolute Gasteiger partial charge is 0.416 e. The zero-order valence-corrected chi connectivity index (χ0v) is 24.9. The molecule has 5 aromatic rings. The molecule has 0 saturated carbocycles. The number of rotatable bonds is 7. The summed E-state index contributed by atoms with van der Waals surface area (Å²) in [4.78, 5) is 25.3. The van der Waals surface area contributed by atoms with Gasteiger partial charge in [0.2, 0.25) is 0 Å². The number of nitrogens with one attached hydrogen (secondary N) is 2. The number of hydrogen-bond acceptors (Lipinski definition) is 6. The lowest BCUT2D eigenvalue weighted by Gasteiger charge is -2.33. The van der Waals surface area contributed by atoms with Gasteiger partial charge >= 0.3 is 6.18 Å². The minimum absolute atomic E-state index is 0.0649. The van der Waals surface area contributed by atoms with E-state index in [4.69, 9.17) is 10.5 Å². The van der Waals surface area contributed by atoms with Crippen LogP contribution in [0.2, 0.25) is 0 Å². The molecule has 0 aliphatic carbocycles. The number of anilines is 2. The second kappa shape index (κ2) is 12.3. The SMILES string of the molecule is Cc1ccc(Oc2cc(-c3cccc(N)c3)nc3[nH]ccc23)cc1C(=O)Nc1ccc(CN2CCN(C)CC2)c(C(F)(F)F)c1. The summed E-state index contributed by atoms with van der Waals surface area (Å²) < 4.78 is 48.6. The van der Waals surface area contributed by atoms with E-state index in [0.29, 0.717) is 47.2 Å². The first-order chi connectivity index (χ1) is 21.5. The fourth-order valence-corrected chi connectivity index (χ4v) is 5.47. The van der Waals surface area contributed by atoms with E-state index in [9.17, 15) is 18.0 Å². The van der Waals surface area contributed by atoms with Crippen LogP contribution < -0.4 is 15.8 Å². The summed E-state index contributed by atoms with van der Waals surface area (Å²) in [5.74, 6) is 0.357. The Morgan fingerprint density at radius 1 is 1.02 bits per heavy atom. The Balaban J connectivity index is 1.24. The minimum Gasteiger partial charge on any atom is -0.456 e. The van der Waals surface area contributed by atoms with Crippen LogP contribution in [-0.2, 0) is 12.7 Å². The van der Waals surface area contributed by atoms with Gasteiger partial charge < -0.3 is 25.7 Å². The van der Waals surface area contributed by atoms with Gasteiger partial charge in [-0.05, 0) is 67.6 Å². The molecule has 3 heterocycles. The van der Waals surface area contributed by atoms with Gasteiger partial charge in [0.05, 0.1) is 16.6 Å². The van der Waals surface area contributed by atoms with Gasteiger partial charge in [0.1, 0.15) is 17.1 Å². The second-order valence-corrected chi connectivity index (χ2v) is 11.4. The predicted octanol–water partition coefficient (Wildman–Crippen LogP) is 6.93. The average molecular weight is 615 g/mol. The zero-order chi connectivity index (χ0) is 31.7. The molecule has 8 nitrogen and oxygen atoms in total. The molecule has 1 saturated heterocycles. The Kier molecular flexibility index (Phi) is 8.22. The number of aryl methyl sites for hydroxylation is 1. The van der Waals surface area contributed by atoms with Crippen LogP contribution in [-0.4, -0.2) is 58.9 Å². The molecule has 1 fully saturated rings. The molecule has 1 amide bonds. The summed E-state index contributed by atoms with van der Waals surface area (Å²) >= 11 is 0. The third kappa shape index (κ3) is 6.79. The van der Waals surface area contributed by atoms with E-state index in [1.165, 1.54) is 12.1 Å². The highest BCUT2D eigenvalue weighted by atomic mass is 19.4. The second-order valence-electron chi connectivity index (χ2n) is 11.4. The van der Waals surface area contributed by atoms with Crippen LogP contribution in [0.15, 0.2) is 79.0 Å². The molecule has 45 heavy (non-hydrogen) atoms. The van der Waals surface area contributed by atoms with Gasteiger partial charge in [0.15, 0.2) is 0 Å². The fourth-order valence-electron chi connectivity index (χ4n) is 5.47. The lowest BCUT2D eigenvalue weighted by Crippen LogP contribution is -2.44. The standard InChI is InChI=1S/C34H33F3N6O2/c1-21-6-9-26(45-31-19-30(22-4-3-5-24(38)16-22)41-32-27(31)10-11-39-32)18-28(21)33(44)40-25-8-7-23(29(17-25)34(35,36)37)20-43-14-12-42(2)13-15-43/h3-11,16-19H,12-15,20,38H2,1-2H3,(H,39,41)(H,40,44). The first-order valence-electron chi connectivity index (χ1n) is 14.6. The lowest BCUT2D eigenvalue weighted by atomic mass is 10.0. The van der Waals surface area contributed by atoms with Crippen LogP contribution in [0.4, 0.5) is 24.5 Å². The third-order valence-electron chi connectivity index (χ3n) is 8.02. The highest BCUT2D eigenvalue weighted by Gasteiger charge is 2.34. The number of carbonyl (C=O) groups excluding carboxylic acids is 1. The number of aromatic nitrogens is 2. The summed E-state index contributed by atoms with van der Waals surface area (Å²) in [7, 11) is 2.00. The Bertz CT molecular complexity index is 1860. The van der Waals surface area contributed by atoms with Crippen molar-refractivity contribution in [3.05, 3.63) is 101 Å². The summed E-state index contributed by atoms with van der Waals surface area (Å²) in [6.07, 6.45) is -2.81. The maximum atomic E-state index is 14.1. The van der Waals surface area contributed by atoms with Crippen LogP contribution in [0.25, 0.3) is 22.3 Å². The summed E-state index contributed by atoms with van der Waals surface area (Å²) in [5, 5.41) is 3.40. The number of benzene rings is 3. The largest absolute Gasteiger partial charge is 0.456 e. The predicted molar refractivity (Wildman–Crippen MR) is 169 cm³/mol. The number of alkyl halides is 3. The molecule has 0 atom stereocenters. The van der Waals surface area contributed by atoms with E-state index >= 15 is 0 Å². The Morgan fingerprint density at radius 2 is 1.82 bits per heavy atom. The first kappa shape index (κ1) is 30.2. The topological polar surface area (TPSA) is 99.5 Å². The quantitative estimate of drug-likeness (QED) is 0.172. The van der Waals surface area contributed by atoms with Crippen molar-refractivity contribution in [2.24, 2.45) is 0 Å². The van der Waals surface area contributed by atoms with E-state index < -0.39 is 17.6 Å². The first-order valence-corrected chi connectivity index (χ1v) is 14.6. The maximum Gasteiger partial charge on any atom is 0.416 e. The fraction of sp³-hybridized carbons (Fsp3) is 0.235. The van der Waals surface area contributed by atoms with Crippen molar-refractivity contribution >= 4 is 28.3 Å². The molecule has 3 aromatic carbocycles. The van der Waals surface area contributed by atoms with Gasteiger partial charge in [-0.1, -0.05) is 24.3 Å². The van der Waals surface area contributed by atoms with Crippen LogP contribution in [0.3, 0.4) is 0 Å². The molecule has 6 rings (SSSR count). The zero-order valence-electron chi connectivity index (χ0n) is 24.9. The average Bonchev–Trinajstić information content (AvgIpc) is 3.49. The third-order valence-corrected chi connectivity index (χ3v) is 8.02. The number of fused-ring (bicyclic) bond motifs is 1. The van der Waals surface area contributed by atoms with Crippen molar-refractivity contribution in [1.82, 2.24) is 19.8 Å². The van der Waals surface area contributed by atoms with E-state index in [0.717, 1.165) is 30.1 Å². The Hall–Kier alpha value is -4.87. The summed E-state index contributed by atoms with van der Waals surface area (Å²) in [6, 6.07) is 20.0. The van der Waals surface area contributed by atoms with Crippen molar-refractivity contribution in [2.75, 3.05) is 44.3 Å². The van der Waals surface area contributed by atoms with Crippen molar-refractivity contribution < 1.29 is 22.7 Å². The number of ether oxygens (including phenoxy) is 1. The molecule has 0 spiro atoms. The monoisotopic (exact) mass is 614 g/mol. The van der Waals surface area contributed by atoms with Gasteiger partial charge in [-0.15, -0.1) is 0 Å². The Morgan fingerprint density at radius 3 is 2.58 bits per heavy atom. The molecule has 4 N–H and O–H groups in total. The molecule has 0 bridgehead atoms. The molecule has 0 radical (unpaired) electrons. The van der Waals surface area contributed by atoms with Crippen molar-refractivity contribution in [1.29, 1.82) is 0 Å². The van der Waals surface area contributed by atoms with Gasteiger partial charge in [-0.2, -0.15) is 13.2 Å². The van der Waals surface area contributed by atoms with Crippen LogP contribution in [0.1, 0.15) is 27.0 Å². The normalized spacial score (nSPS) is 14.5. The van der Waals surface area contributed by atoms with E-state index in [-0.39, 0.29) is 23.4 Å². The number of likely N-dealkylation sites (N-methyl/N-ethyl adjacent to an activating group) is 1. The number of nitrogen functional groups attached to an aromatic ring is 1.